The van der Waals surface area contributed by atoms with Gasteiger partial charge in [-0.2, -0.15) is 0 Å². The fraction of sp³-hybridized carbons (Fsp3) is 0.500. The van der Waals surface area contributed by atoms with Gasteiger partial charge in [-0.05, 0) is 39.0 Å². The molecule has 0 fully saturated rings. The van der Waals surface area contributed by atoms with Crippen molar-refractivity contribution >= 4 is 17.6 Å². The summed E-state index contributed by atoms with van der Waals surface area (Å²) in [5, 5.41) is 0.604. The van der Waals surface area contributed by atoms with Gasteiger partial charge in [-0.25, -0.2) is 0 Å². The average molecular weight is 286 g/mol. The molecule has 0 bridgehead atoms. The van der Waals surface area contributed by atoms with E-state index in [0.717, 1.165) is 5.56 Å². The summed E-state index contributed by atoms with van der Waals surface area (Å²) < 4.78 is 10.4. The van der Waals surface area contributed by atoms with Gasteiger partial charge in [0.2, 0.25) is 0 Å². The maximum atomic E-state index is 11.6. The SMILES string of the molecule is COC(=O)C(C)(C)COc1ccc(Cl)cc1[C@H](C)N. The number of ether oxygens (including phenoxy) is 2. The van der Waals surface area contributed by atoms with Crippen molar-refractivity contribution in [1.29, 1.82) is 0 Å². The molecular weight excluding hydrogens is 266 g/mol. The molecule has 0 heterocycles. The van der Waals surface area contributed by atoms with Gasteiger partial charge in [0, 0.05) is 16.6 Å². The Morgan fingerprint density at radius 2 is 2.11 bits per heavy atom. The Morgan fingerprint density at radius 3 is 2.63 bits per heavy atom. The Balaban J connectivity index is 2.86. The molecule has 1 aromatic carbocycles. The van der Waals surface area contributed by atoms with Crippen LogP contribution in [-0.2, 0) is 9.53 Å². The van der Waals surface area contributed by atoms with Crippen LogP contribution in [0, 0.1) is 5.41 Å². The van der Waals surface area contributed by atoms with Crippen LogP contribution in [0.15, 0.2) is 18.2 Å². The summed E-state index contributed by atoms with van der Waals surface area (Å²) in [5.41, 5.74) is 5.97. The van der Waals surface area contributed by atoms with E-state index in [2.05, 4.69) is 0 Å². The lowest BCUT2D eigenvalue weighted by molar-refractivity contribution is -0.152. The van der Waals surface area contributed by atoms with E-state index in [1.165, 1.54) is 7.11 Å². The van der Waals surface area contributed by atoms with E-state index >= 15 is 0 Å². The minimum absolute atomic E-state index is 0.199. The van der Waals surface area contributed by atoms with Crippen LogP contribution in [0.25, 0.3) is 0 Å². The number of carbonyl (C=O) groups is 1. The number of carbonyl (C=O) groups excluding carboxylic acids is 1. The van der Waals surface area contributed by atoms with Crippen molar-refractivity contribution in [2.75, 3.05) is 13.7 Å². The molecule has 0 radical (unpaired) electrons. The molecule has 1 atom stereocenters. The predicted molar refractivity (Wildman–Crippen MR) is 75.3 cm³/mol. The second-order valence-electron chi connectivity index (χ2n) is 5.13. The molecule has 0 aliphatic heterocycles. The molecule has 5 heteroatoms. The van der Waals surface area contributed by atoms with Crippen molar-refractivity contribution in [2.45, 2.75) is 26.8 Å². The van der Waals surface area contributed by atoms with Gasteiger partial charge < -0.3 is 15.2 Å². The monoisotopic (exact) mass is 285 g/mol. The van der Waals surface area contributed by atoms with Crippen molar-refractivity contribution in [3.63, 3.8) is 0 Å². The number of nitrogens with two attached hydrogens (primary N) is 1. The molecule has 106 valence electrons. The zero-order chi connectivity index (χ0) is 14.6. The normalized spacial score (nSPS) is 12.9. The van der Waals surface area contributed by atoms with Crippen molar-refractivity contribution in [3.8, 4) is 5.75 Å². The molecular formula is C14H20ClNO3. The number of methoxy groups -OCH3 is 1. The highest BCUT2D eigenvalue weighted by atomic mass is 35.5. The molecule has 0 saturated carbocycles. The number of esters is 1. The molecule has 0 aromatic heterocycles. The van der Waals surface area contributed by atoms with Crippen molar-refractivity contribution < 1.29 is 14.3 Å². The lowest BCUT2D eigenvalue weighted by atomic mass is 9.95. The van der Waals surface area contributed by atoms with Crippen molar-refractivity contribution in [3.05, 3.63) is 28.8 Å². The predicted octanol–water partition coefficient (Wildman–Crippen LogP) is 2.94. The van der Waals surface area contributed by atoms with Gasteiger partial charge in [-0.3, -0.25) is 4.79 Å². The number of rotatable bonds is 5. The molecule has 0 aliphatic carbocycles. The zero-order valence-electron chi connectivity index (χ0n) is 11.7. The molecule has 0 aliphatic rings. The smallest absolute Gasteiger partial charge is 0.314 e. The van der Waals surface area contributed by atoms with Gasteiger partial charge in [-0.1, -0.05) is 11.6 Å². The fourth-order valence-electron chi connectivity index (χ4n) is 1.60. The second kappa shape index (κ2) is 6.26. The van der Waals surface area contributed by atoms with Crippen LogP contribution in [-0.4, -0.2) is 19.7 Å². The van der Waals surface area contributed by atoms with Gasteiger partial charge >= 0.3 is 5.97 Å². The fourth-order valence-corrected chi connectivity index (χ4v) is 1.78. The molecule has 0 unspecified atom stereocenters. The summed E-state index contributed by atoms with van der Waals surface area (Å²) in [7, 11) is 1.36. The molecule has 0 amide bonds. The quantitative estimate of drug-likeness (QED) is 0.845. The molecule has 0 saturated heterocycles. The second-order valence-corrected chi connectivity index (χ2v) is 5.57. The van der Waals surface area contributed by atoms with Gasteiger partial charge in [0.25, 0.3) is 0 Å². The summed E-state index contributed by atoms with van der Waals surface area (Å²) in [6.45, 7) is 5.59. The molecule has 19 heavy (non-hydrogen) atoms. The summed E-state index contributed by atoms with van der Waals surface area (Å²) in [6.07, 6.45) is 0. The minimum Gasteiger partial charge on any atom is -0.492 e. The molecule has 0 spiro atoms. The van der Waals surface area contributed by atoms with E-state index in [1.54, 1.807) is 32.0 Å². The largest absolute Gasteiger partial charge is 0.492 e. The Bertz CT molecular complexity index is 458. The third-order valence-electron chi connectivity index (χ3n) is 2.79. The lowest BCUT2D eigenvalue weighted by Crippen LogP contribution is -2.32. The van der Waals surface area contributed by atoms with Crippen LogP contribution in [0.3, 0.4) is 0 Å². The molecule has 1 rings (SSSR count). The molecule has 4 nitrogen and oxygen atoms in total. The van der Waals surface area contributed by atoms with Crippen molar-refractivity contribution in [1.82, 2.24) is 0 Å². The van der Waals surface area contributed by atoms with Gasteiger partial charge in [-0.15, -0.1) is 0 Å². The Hall–Kier alpha value is -1.26. The highest BCUT2D eigenvalue weighted by Gasteiger charge is 2.30. The third kappa shape index (κ3) is 4.11. The van der Waals surface area contributed by atoms with E-state index in [-0.39, 0.29) is 18.6 Å². The molecule has 2 N–H and O–H groups in total. The number of hydrogen-bond donors (Lipinski definition) is 1. The third-order valence-corrected chi connectivity index (χ3v) is 3.02. The maximum Gasteiger partial charge on any atom is 0.314 e. The van der Waals surface area contributed by atoms with E-state index in [1.807, 2.05) is 6.92 Å². The van der Waals surface area contributed by atoms with E-state index in [0.29, 0.717) is 10.8 Å². The standard InChI is InChI=1S/C14H20ClNO3/c1-9(16)11-7-10(15)5-6-12(11)19-8-14(2,3)13(17)18-4/h5-7,9H,8,16H2,1-4H3/t9-/m0/s1. The van der Waals surface area contributed by atoms with Gasteiger partial charge in [0.05, 0.1) is 12.5 Å². The number of hydrogen-bond acceptors (Lipinski definition) is 4. The number of halogens is 1. The van der Waals surface area contributed by atoms with Crippen LogP contribution in [0.1, 0.15) is 32.4 Å². The Kier molecular flexibility index (Phi) is 5.20. The Labute approximate surface area is 118 Å². The van der Waals surface area contributed by atoms with Crippen LogP contribution < -0.4 is 10.5 Å². The van der Waals surface area contributed by atoms with Crippen molar-refractivity contribution in [2.24, 2.45) is 11.1 Å². The first kappa shape index (κ1) is 15.8. The minimum atomic E-state index is -0.719. The van der Waals surface area contributed by atoms with Crippen LogP contribution in [0.4, 0.5) is 0 Å². The van der Waals surface area contributed by atoms with Crippen LogP contribution >= 0.6 is 11.6 Å². The Morgan fingerprint density at radius 1 is 1.47 bits per heavy atom. The first-order valence-corrected chi connectivity index (χ1v) is 6.42. The topological polar surface area (TPSA) is 61.5 Å². The first-order chi connectivity index (χ1) is 8.77. The van der Waals surface area contributed by atoms with E-state index in [9.17, 15) is 4.79 Å². The van der Waals surface area contributed by atoms with Crippen LogP contribution in [0.2, 0.25) is 5.02 Å². The van der Waals surface area contributed by atoms with Crippen LogP contribution in [0.5, 0.6) is 5.75 Å². The van der Waals surface area contributed by atoms with E-state index in [4.69, 9.17) is 26.8 Å². The highest BCUT2D eigenvalue weighted by Crippen LogP contribution is 2.29. The lowest BCUT2D eigenvalue weighted by Gasteiger charge is -2.23. The number of benzene rings is 1. The summed E-state index contributed by atoms with van der Waals surface area (Å²) in [6, 6.07) is 5.06. The first-order valence-electron chi connectivity index (χ1n) is 6.04. The average Bonchev–Trinajstić information content (AvgIpc) is 2.36. The summed E-state index contributed by atoms with van der Waals surface area (Å²) in [4.78, 5) is 11.6. The molecule has 1 aromatic rings. The van der Waals surface area contributed by atoms with Gasteiger partial charge in [0.1, 0.15) is 12.4 Å². The maximum absolute atomic E-state index is 11.6. The highest BCUT2D eigenvalue weighted by molar-refractivity contribution is 6.30. The summed E-state index contributed by atoms with van der Waals surface area (Å²) >= 11 is 5.94. The van der Waals surface area contributed by atoms with E-state index < -0.39 is 5.41 Å². The van der Waals surface area contributed by atoms with Gasteiger partial charge in [0.15, 0.2) is 0 Å². The zero-order valence-corrected chi connectivity index (χ0v) is 12.5. The summed E-state index contributed by atoms with van der Waals surface area (Å²) in [5.74, 6) is 0.320.